The molecule has 0 spiro atoms. The Hall–Kier alpha value is -1.10. The highest BCUT2D eigenvalue weighted by Crippen LogP contribution is 2.15. The van der Waals surface area contributed by atoms with Crippen molar-refractivity contribution in [3.05, 3.63) is 0 Å². The van der Waals surface area contributed by atoms with Gasteiger partial charge < -0.3 is 10.4 Å². The van der Waals surface area contributed by atoms with Crippen LogP contribution in [0.5, 0.6) is 0 Å². The van der Waals surface area contributed by atoms with Crippen molar-refractivity contribution >= 4 is 11.9 Å². The average Bonchev–Trinajstić information content (AvgIpc) is 2.23. The monoisotopic (exact) mass is 244 g/mol. The van der Waals surface area contributed by atoms with E-state index in [1.807, 2.05) is 13.8 Å². The third-order valence-corrected chi connectivity index (χ3v) is 3.05. The summed E-state index contributed by atoms with van der Waals surface area (Å²) < 4.78 is 0. The molecule has 0 aromatic heterocycles. The minimum atomic E-state index is -1.06. The van der Waals surface area contributed by atoms with Crippen LogP contribution in [-0.4, -0.2) is 47.1 Å². The topological polar surface area (TPSA) is 69.6 Å². The number of aliphatic carboxylic acids is 1. The van der Waals surface area contributed by atoms with Gasteiger partial charge in [0, 0.05) is 6.54 Å². The summed E-state index contributed by atoms with van der Waals surface area (Å²) in [5, 5.41) is 11.9. The van der Waals surface area contributed by atoms with Crippen LogP contribution in [0, 0.1) is 5.92 Å². The van der Waals surface area contributed by atoms with E-state index < -0.39 is 17.6 Å². The fourth-order valence-corrected chi connectivity index (χ4v) is 1.26. The van der Waals surface area contributed by atoms with E-state index in [1.54, 1.807) is 32.7 Å². The molecule has 2 N–H and O–H groups in total. The van der Waals surface area contributed by atoms with Crippen molar-refractivity contribution < 1.29 is 14.7 Å². The number of hydrogen-bond donors (Lipinski definition) is 2. The van der Waals surface area contributed by atoms with Gasteiger partial charge in [0.15, 0.2) is 0 Å². The first kappa shape index (κ1) is 15.9. The number of carbonyl (C=O) groups excluding carboxylic acids is 1. The summed E-state index contributed by atoms with van der Waals surface area (Å²) in [5.41, 5.74) is -1.06. The average molecular weight is 244 g/mol. The number of rotatable bonds is 6. The van der Waals surface area contributed by atoms with E-state index >= 15 is 0 Å². The number of nitrogens with zero attached hydrogens (tertiary/aromatic N) is 1. The zero-order valence-electron chi connectivity index (χ0n) is 11.6. The molecule has 100 valence electrons. The van der Waals surface area contributed by atoms with Crippen LogP contribution in [0.3, 0.4) is 0 Å². The van der Waals surface area contributed by atoms with Crippen molar-refractivity contribution in [3.63, 3.8) is 0 Å². The van der Waals surface area contributed by atoms with E-state index in [2.05, 4.69) is 5.32 Å². The lowest BCUT2D eigenvalue weighted by atomic mass is 10.0. The number of carboxylic acid groups (broad SMARTS) is 1. The van der Waals surface area contributed by atoms with Crippen molar-refractivity contribution in [2.75, 3.05) is 13.6 Å². The predicted molar refractivity (Wildman–Crippen MR) is 66.8 cm³/mol. The van der Waals surface area contributed by atoms with Crippen LogP contribution >= 0.6 is 0 Å². The molecule has 0 aliphatic carbocycles. The van der Waals surface area contributed by atoms with Gasteiger partial charge in [0.1, 0.15) is 5.54 Å². The van der Waals surface area contributed by atoms with E-state index in [0.29, 0.717) is 12.5 Å². The summed E-state index contributed by atoms with van der Waals surface area (Å²) in [6.45, 7) is 9.50. The number of nitrogens with one attached hydrogen (secondary N) is 1. The molecule has 1 atom stereocenters. The first-order valence-electron chi connectivity index (χ1n) is 5.84. The summed E-state index contributed by atoms with van der Waals surface area (Å²) >= 11 is 0. The Kier molecular flexibility index (Phi) is 5.61. The molecule has 0 fully saturated rings. The lowest BCUT2D eigenvalue weighted by Crippen LogP contribution is -2.56. The Bertz CT molecular complexity index is 287. The van der Waals surface area contributed by atoms with Crippen LogP contribution in [-0.2, 0) is 9.59 Å². The number of hydrogen-bond acceptors (Lipinski definition) is 3. The van der Waals surface area contributed by atoms with Crippen molar-refractivity contribution in [3.8, 4) is 0 Å². The molecule has 0 aliphatic heterocycles. The number of likely N-dealkylation sites (N-methyl/N-ethyl adjacent to an activating group) is 1. The van der Waals surface area contributed by atoms with E-state index in [9.17, 15) is 9.59 Å². The predicted octanol–water partition coefficient (Wildman–Crippen LogP) is 0.942. The maximum atomic E-state index is 11.8. The Labute approximate surface area is 103 Å². The summed E-state index contributed by atoms with van der Waals surface area (Å²) in [6.07, 6.45) is 0. The van der Waals surface area contributed by atoms with Gasteiger partial charge >= 0.3 is 5.97 Å². The van der Waals surface area contributed by atoms with Crippen LogP contribution in [0.1, 0.15) is 34.6 Å². The number of amides is 1. The number of carbonyl (C=O) groups is 2. The van der Waals surface area contributed by atoms with Gasteiger partial charge in [-0.1, -0.05) is 13.8 Å². The third kappa shape index (κ3) is 4.34. The summed E-state index contributed by atoms with van der Waals surface area (Å²) in [7, 11) is 1.65. The maximum Gasteiger partial charge on any atom is 0.323 e. The van der Waals surface area contributed by atoms with Gasteiger partial charge in [0.2, 0.25) is 5.91 Å². The molecule has 5 nitrogen and oxygen atoms in total. The third-order valence-electron chi connectivity index (χ3n) is 3.05. The lowest BCUT2D eigenvalue weighted by molar-refractivity contribution is -0.151. The summed E-state index contributed by atoms with van der Waals surface area (Å²) in [4.78, 5) is 24.5. The molecule has 0 bridgehead atoms. The molecule has 0 rings (SSSR count). The van der Waals surface area contributed by atoms with Gasteiger partial charge in [-0.3, -0.25) is 14.5 Å². The van der Waals surface area contributed by atoms with Crippen LogP contribution in [0.15, 0.2) is 0 Å². The fraction of sp³-hybridized carbons (Fsp3) is 0.833. The van der Waals surface area contributed by atoms with Crippen LogP contribution in [0.4, 0.5) is 0 Å². The summed E-state index contributed by atoms with van der Waals surface area (Å²) in [5.74, 6) is -0.706. The molecule has 0 heterocycles. The molecule has 0 saturated heterocycles. The Morgan fingerprint density at radius 1 is 1.29 bits per heavy atom. The highest BCUT2D eigenvalue weighted by molar-refractivity contribution is 5.83. The standard InChI is InChI=1S/C12H24N2O3/c1-8(2)7-13-10(15)9(3)14(6)12(4,5)11(16)17/h8-9H,7H2,1-6H3,(H,13,15)(H,16,17). The zero-order valence-corrected chi connectivity index (χ0v) is 11.6. The van der Waals surface area contributed by atoms with E-state index in [0.717, 1.165) is 0 Å². The van der Waals surface area contributed by atoms with Gasteiger partial charge in [0.05, 0.1) is 6.04 Å². The molecule has 0 saturated carbocycles. The minimum Gasteiger partial charge on any atom is -0.480 e. The van der Waals surface area contributed by atoms with Gasteiger partial charge in [-0.15, -0.1) is 0 Å². The molecular formula is C12H24N2O3. The molecule has 1 unspecified atom stereocenters. The molecule has 1 amide bonds. The molecule has 17 heavy (non-hydrogen) atoms. The fourth-order valence-electron chi connectivity index (χ4n) is 1.26. The largest absolute Gasteiger partial charge is 0.480 e. The van der Waals surface area contributed by atoms with E-state index in [1.165, 1.54) is 0 Å². The Balaban J connectivity index is 4.54. The van der Waals surface area contributed by atoms with Crippen molar-refractivity contribution in [2.45, 2.75) is 46.2 Å². The van der Waals surface area contributed by atoms with Crippen molar-refractivity contribution in [1.29, 1.82) is 0 Å². The van der Waals surface area contributed by atoms with Gasteiger partial charge in [0.25, 0.3) is 0 Å². The SMILES string of the molecule is CC(C)CNC(=O)C(C)N(C)C(C)(C)C(=O)O. The highest BCUT2D eigenvalue weighted by atomic mass is 16.4. The first-order valence-corrected chi connectivity index (χ1v) is 5.84. The molecule has 5 heteroatoms. The molecule has 0 radical (unpaired) electrons. The van der Waals surface area contributed by atoms with Crippen LogP contribution in [0.25, 0.3) is 0 Å². The second-order valence-corrected chi connectivity index (χ2v) is 5.29. The summed E-state index contributed by atoms with van der Waals surface area (Å²) in [6, 6.07) is -0.472. The van der Waals surface area contributed by atoms with Gasteiger partial charge in [-0.05, 0) is 33.7 Å². The lowest BCUT2D eigenvalue weighted by Gasteiger charge is -2.35. The zero-order chi connectivity index (χ0) is 13.8. The molecule has 0 aromatic rings. The number of carboxylic acids is 1. The van der Waals surface area contributed by atoms with Crippen LogP contribution < -0.4 is 5.32 Å². The Morgan fingerprint density at radius 2 is 1.76 bits per heavy atom. The van der Waals surface area contributed by atoms with Crippen molar-refractivity contribution in [2.24, 2.45) is 5.92 Å². The Morgan fingerprint density at radius 3 is 2.12 bits per heavy atom. The molecule has 0 aromatic carbocycles. The molecular weight excluding hydrogens is 220 g/mol. The van der Waals surface area contributed by atoms with E-state index in [4.69, 9.17) is 5.11 Å². The van der Waals surface area contributed by atoms with Gasteiger partial charge in [-0.25, -0.2) is 0 Å². The second kappa shape index (κ2) is 6.00. The normalized spacial score (nSPS) is 13.9. The van der Waals surface area contributed by atoms with E-state index in [-0.39, 0.29) is 5.91 Å². The quantitative estimate of drug-likeness (QED) is 0.729. The smallest absolute Gasteiger partial charge is 0.323 e. The first-order chi connectivity index (χ1) is 7.60. The van der Waals surface area contributed by atoms with Crippen molar-refractivity contribution in [1.82, 2.24) is 10.2 Å². The highest BCUT2D eigenvalue weighted by Gasteiger charge is 2.36. The second-order valence-electron chi connectivity index (χ2n) is 5.29. The molecule has 0 aliphatic rings. The van der Waals surface area contributed by atoms with Gasteiger partial charge in [-0.2, -0.15) is 0 Å². The minimum absolute atomic E-state index is 0.143. The van der Waals surface area contributed by atoms with Crippen LogP contribution in [0.2, 0.25) is 0 Å². The maximum absolute atomic E-state index is 11.8.